The number of hydrogen-bond donors (Lipinski definition) is 0. The molecular weight excluding hydrogens is 318 g/mol. The Bertz CT molecular complexity index is 571. The molecule has 1 amide bonds. The van der Waals surface area contributed by atoms with Gasteiger partial charge in [0.1, 0.15) is 0 Å². The average molecular weight is 339 g/mol. The lowest BCUT2D eigenvalue weighted by Crippen LogP contribution is -2.40. The number of morpholine rings is 1. The Balaban J connectivity index is 2.31. The maximum absolute atomic E-state index is 12.6. The monoisotopic (exact) mass is 339 g/mol. The van der Waals surface area contributed by atoms with Crippen LogP contribution in [0, 0.1) is 0 Å². The van der Waals surface area contributed by atoms with E-state index in [2.05, 4.69) is 0 Å². The molecule has 0 aliphatic carbocycles. The van der Waals surface area contributed by atoms with Crippen LogP contribution in [0.25, 0.3) is 0 Å². The fraction of sp³-hybridized carbons (Fsp3) is 0.500. The SMILES string of the molecule is CCOC(=O)Oc1c(OC)cc(C(=O)N2CCOCC2)cc1OC. The molecule has 1 aromatic rings. The summed E-state index contributed by atoms with van der Waals surface area (Å²) in [7, 11) is 2.82. The Morgan fingerprint density at radius 1 is 1.12 bits per heavy atom. The van der Waals surface area contributed by atoms with E-state index in [0.717, 1.165) is 0 Å². The Morgan fingerprint density at radius 2 is 1.71 bits per heavy atom. The van der Waals surface area contributed by atoms with Crippen LogP contribution in [0.15, 0.2) is 12.1 Å². The summed E-state index contributed by atoms with van der Waals surface area (Å²) in [5, 5.41) is 0. The second-order valence-electron chi connectivity index (χ2n) is 4.90. The van der Waals surface area contributed by atoms with Crippen LogP contribution in [-0.4, -0.2) is 64.1 Å². The topological polar surface area (TPSA) is 83.5 Å². The highest BCUT2D eigenvalue weighted by Crippen LogP contribution is 2.39. The van der Waals surface area contributed by atoms with Gasteiger partial charge in [0, 0.05) is 18.7 Å². The molecule has 0 radical (unpaired) electrons. The number of methoxy groups -OCH3 is 2. The summed E-state index contributed by atoms with van der Waals surface area (Å²) in [5.41, 5.74) is 0.377. The lowest BCUT2D eigenvalue weighted by molar-refractivity contribution is 0.0302. The normalized spacial score (nSPS) is 14.0. The highest BCUT2D eigenvalue weighted by molar-refractivity contribution is 5.96. The first-order valence-corrected chi connectivity index (χ1v) is 7.58. The van der Waals surface area contributed by atoms with E-state index in [9.17, 15) is 9.59 Å². The quantitative estimate of drug-likeness (QED) is 0.596. The molecule has 0 bridgehead atoms. The van der Waals surface area contributed by atoms with Gasteiger partial charge in [-0.15, -0.1) is 0 Å². The molecular formula is C16H21NO7. The summed E-state index contributed by atoms with van der Waals surface area (Å²) < 4.78 is 25.6. The third-order valence-electron chi connectivity index (χ3n) is 3.45. The minimum Gasteiger partial charge on any atom is -0.493 e. The highest BCUT2D eigenvalue weighted by atomic mass is 16.7. The number of carbonyl (C=O) groups excluding carboxylic acids is 2. The second kappa shape index (κ2) is 8.39. The van der Waals surface area contributed by atoms with Gasteiger partial charge >= 0.3 is 6.16 Å². The first kappa shape index (κ1) is 17.9. The average Bonchev–Trinajstić information content (AvgIpc) is 2.62. The minimum absolute atomic E-state index is 0.0666. The summed E-state index contributed by atoms with van der Waals surface area (Å²) >= 11 is 0. The van der Waals surface area contributed by atoms with Crippen molar-refractivity contribution in [2.45, 2.75) is 6.92 Å². The summed E-state index contributed by atoms with van der Waals surface area (Å²) in [6.07, 6.45) is -0.874. The summed E-state index contributed by atoms with van der Waals surface area (Å²) in [6.45, 7) is 3.89. The smallest absolute Gasteiger partial charge is 0.493 e. The number of nitrogens with zero attached hydrogens (tertiary/aromatic N) is 1. The predicted octanol–water partition coefficient (Wildman–Crippen LogP) is 1.71. The van der Waals surface area contributed by atoms with Gasteiger partial charge in [0.15, 0.2) is 11.5 Å². The Kier molecular flexibility index (Phi) is 6.25. The number of rotatable bonds is 5. The molecule has 1 fully saturated rings. The first-order valence-electron chi connectivity index (χ1n) is 7.58. The Morgan fingerprint density at radius 3 is 2.21 bits per heavy atom. The molecule has 1 heterocycles. The van der Waals surface area contributed by atoms with Crippen molar-refractivity contribution in [3.63, 3.8) is 0 Å². The zero-order valence-electron chi connectivity index (χ0n) is 14.0. The van der Waals surface area contributed by atoms with Crippen LogP contribution in [0.3, 0.4) is 0 Å². The van der Waals surface area contributed by atoms with Gasteiger partial charge in [-0.1, -0.05) is 0 Å². The molecule has 0 aromatic heterocycles. The van der Waals surface area contributed by atoms with Gasteiger partial charge in [0.25, 0.3) is 5.91 Å². The van der Waals surface area contributed by atoms with Gasteiger partial charge in [-0.25, -0.2) is 4.79 Å². The Labute approximate surface area is 140 Å². The van der Waals surface area contributed by atoms with Crippen LogP contribution in [0.4, 0.5) is 4.79 Å². The maximum Gasteiger partial charge on any atom is 0.514 e. The van der Waals surface area contributed by atoms with E-state index in [-0.39, 0.29) is 29.8 Å². The van der Waals surface area contributed by atoms with Gasteiger partial charge in [-0.2, -0.15) is 0 Å². The maximum atomic E-state index is 12.6. The molecule has 1 aliphatic rings. The van der Waals surface area contributed by atoms with Crippen LogP contribution in [-0.2, 0) is 9.47 Å². The van der Waals surface area contributed by atoms with Crippen LogP contribution >= 0.6 is 0 Å². The van der Waals surface area contributed by atoms with E-state index >= 15 is 0 Å². The molecule has 0 unspecified atom stereocenters. The van der Waals surface area contributed by atoms with Crippen molar-refractivity contribution >= 4 is 12.1 Å². The fourth-order valence-corrected chi connectivity index (χ4v) is 2.28. The van der Waals surface area contributed by atoms with E-state index in [4.69, 9.17) is 23.7 Å². The van der Waals surface area contributed by atoms with E-state index in [1.54, 1.807) is 11.8 Å². The molecule has 8 heteroatoms. The molecule has 0 saturated carbocycles. The fourth-order valence-electron chi connectivity index (χ4n) is 2.28. The molecule has 0 atom stereocenters. The number of carbonyl (C=O) groups is 2. The summed E-state index contributed by atoms with van der Waals surface area (Å²) in [5.74, 6) is 0.313. The first-order chi connectivity index (χ1) is 11.6. The Hall–Kier alpha value is -2.48. The molecule has 0 N–H and O–H groups in total. The summed E-state index contributed by atoms with van der Waals surface area (Å²) in [6, 6.07) is 3.02. The van der Waals surface area contributed by atoms with Crippen molar-refractivity contribution in [3.05, 3.63) is 17.7 Å². The third kappa shape index (κ3) is 4.08. The number of ether oxygens (including phenoxy) is 5. The summed E-state index contributed by atoms with van der Waals surface area (Å²) in [4.78, 5) is 25.9. The van der Waals surface area contributed by atoms with Crippen LogP contribution < -0.4 is 14.2 Å². The standard InChI is InChI=1S/C16H21NO7/c1-4-23-16(19)24-14-12(20-2)9-11(10-13(14)21-3)15(18)17-5-7-22-8-6-17/h9-10H,4-8H2,1-3H3. The van der Waals surface area contributed by atoms with Crippen molar-refractivity contribution in [1.82, 2.24) is 4.90 Å². The highest BCUT2D eigenvalue weighted by Gasteiger charge is 2.24. The van der Waals surface area contributed by atoms with E-state index < -0.39 is 6.16 Å². The lowest BCUT2D eigenvalue weighted by atomic mass is 10.1. The van der Waals surface area contributed by atoms with Crippen molar-refractivity contribution in [1.29, 1.82) is 0 Å². The molecule has 8 nitrogen and oxygen atoms in total. The molecule has 2 rings (SSSR count). The van der Waals surface area contributed by atoms with Crippen molar-refractivity contribution in [3.8, 4) is 17.2 Å². The van der Waals surface area contributed by atoms with Gasteiger partial charge in [0.2, 0.25) is 5.75 Å². The van der Waals surface area contributed by atoms with Crippen LogP contribution in [0.2, 0.25) is 0 Å². The molecule has 132 valence electrons. The van der Waals surface area contributed by atoms with E-state index in [1.165, 1.54) is 26.4 Å². The second-order valence-corrected chi connectivity index (χ2v) is 4.90. The minimum atomic E-state index is -0.874. The van der Waals surface area contributed by atoms with Gasteiger partial charge in [0.05, 0.1) is 34.0 Å². The van der Waals surface area contributed by atoms with Crippen molar-refractivity contribution in [2.24, 2.45) is 0 Å². The molecule has 1 aliphatic heterocycles. The van der Waals surface area contributed by atoms with Crippen LogP contribution in [0.5, 0.6) is 17.2 Å². The van der Waals surface area contributed by atoms with Gasteiger partial charge in [-0.3, -0.25) is 4.79 Å². The van der Waals surface area contributed by atoms with Crippen LogP contribution in [0.1, 0.15) is 17.3 Å². The van der Waals surface area contributed by atoms with Gasteiger partial charge in [-0.05, 0) is 19.1 Å². The number of benzene rings is 1. The van der Waals surface area contributed by atoms with Gasteiger partial charge < -0.3 is 28.6 Å². The van der Waals surface area contributed by atoms with Crippen molar-refractivity contribution in [2.75, 3.05) is 47.1 Å². The number of hydrogen-bond acceptors (Lipinski definition) is 7. The largest absolute Gasteiger partial charge is 0.514 e. The predicted molar refractivity (Wildman–Crippen MR) is 83.9 cm³/mol. The molecule has 24 heavy (non-hydrogen) atoms. The van der Waals surface area contributed by atoms with E-state index in [1.807, 2.05) is 0 Å². The van der Waals surface area contributed by atoms with E-state index in [0.29, 0.717) is 31.9 Å². The number of amides is 1. The molecule has 1 saturated heterocycles. The lowest BCUT2D eigenvalue weighted by Gasteiger charge is -2.27. The van der Waals surface area contributed by atoms with Crippen molar-refractivity contribution < 1.29 is 33.3 Å². The molecule has 0 spiro atoms. The zero-order valence-corrected chi connectivity index (χ0v) is 14.0. The molecule has 1 aromatic carbocycles. The third-order valence-corrected chi connectivity index (χ3v) is 3.45. The zero-order chi connectivity index (χ0) is 17.5.